The van der Waals surface area contributed by atoms with Crippen molar-refractivity contribution in [2.24, 2.45) is 0 Å². The molecule has 1 heterocycles. The monoisotopic (exact) mass is 327 g/mol. The van der Waals surface area contributed by atoms with Gasteiger partial charge in [-0.15, -0.1) is 0 Å². The number of anilines is 1. The Morgan fingerprint density at radius 2 is 1.71 bits per heavy atom. The fourth-order valence-electron chi connectivity index (χ4n) is 2.25. The molecule has 2 aromatic rings. The number of aromatic nitrogens is 1. The lowest BCUT2D eigenvalue weighted by atomic mass is 10.1. The minimum absolute atomic E-state index is 0.290. The van der Waals surface area contributed by atoms with E-state index in [9.17, 15) is 9.59 Å². The third kappa shape index (κ3) is 4.39. The molecule has 2 amide bonds. The summed E-state index contributed by atoms with van der Waals surface area (Å²) in [7, 11) is 1.56. The van der Waals surface area contributed by atoms with Crippen LogP contribution in [-0.2, 0) is 4.74 Å². The first-order valence-corrected chi connectivity index (χ1v) is 7.62. The molecule has 0 aliphatic carbocycles. The van der Waals surface area contributed by atoms with E-state index in [4.69, 9.17) is 4.74 Å². The molecule has 0 fully saturated rings. The molecular formula is C18H21N3O3. The number of ether oxygens (including phenoxy) is 1. The molecule has 6 heteroatoms. The summed E-state index contributed by atoms with van der Waals surface area (Å²) in [6.45, 7) is 4.68. The third-order valence-corrected chi connectivity index (χ3v) is 3.57. The smallest absolute Gasteiger partial charge is 0.257 e. The second-order valence-electron chi connectivity index (χ2n) is 5.43. The number of nitrogens with one attached hydrogen (secondary N) is 2. The van der Waals surface area contributed by atoms with Crippen molar-refractivity contribution in [3.8, 4) is 0 Å². The van der Waals surface area contributed by atoms with Gasteiger partial charge in [-0.1, -0.05) is 18.2 Å². The molecule has 0 spiro atoms. The molecule has 0 aliphatic heterocycles. The van der Waals surface area contributed by atoms with Crippen LogP contribution in [0.25, 0.3) is 0 Å². The molecule has 2 rings (SSSR count). The molecule has 2 N–H and O–H groups in total. The lowest BCUT2D eigenvalue weighted by molar-refractivity contribution is 0.0936. The van der Waals surface area contributed by atoms with E-state index >= 15 is 0 Å². The van der Waals surface area contributed by atoms with Gasteiger partial charge in [-0.05, 0) is 31.0 Å². The maximum absolute atomic E-state index is 12.5. The van der Waals surface area contributed by atoms with Crippen LogP contribution >= 0.6 is 0 Å². The van der Waals surface area contributed by atoms with Gasteiger partial charge in [0.15, 0.2) is 0 Å². The summed E-state index contributed by atoms with van der Waals surface area (Å²) < 4.78 is 4.88. The molecule has 0 bridgehead atoms. The Morgan fingerprint density at radius 1 is 1.08 bits per heavy atom. The van der Waals surface area contributed by atoms with Crippen molar-refractivity contribution in [1.82, 2.24) is 10.3 Å². The van der Waals surface area contributed by atoms with Crippen LogP contribution in [0.2, 0.25) is 0 Å². The van der Waals surface area contributed by atoms with Gasteiger partial charge in [0.1, 0.15) is 0 Å². The second-order valence-corrected chi connectivity index (χ2v) is 5.43. The fourth-order valence-corrected chi connectivity index (χ4v) is 2.25. The number of benzene rings is 1. The number of carbonyl (C=O) groups is 2. The Hall–Kier alpha value is -2.73. The molecule has 6 nitrogen and oxygen atoms in total. The van der Waals surface area contributed by atoms with Crippen LogP contribution in [0.3, 0.4) is 0 Å². The second kappa shape index (κ2) is 8.21. The number of hydrogen-bond donors (Lipinski definition) is 2. The average Bonchev–Trinajstić information content (AvgIpc) is 2.58. The number of carbonyl (C=O) groups excluding carboxylic acids is 2. The van der Waals surface area contributed by atoms with E-state index in [1.165, 1.54) is 18.5 Å². The van der Waals surface area contributed by atoms with E-state index in [1.807, 2.05) is 32.0 Å². The van der Waals surface area contributed by atoms with Crippen LogP contribution < -0.4 is 10.6 Å². The number of pyridine rings is 1. The Balaban J connectivity index is 2.13. The number of nitrogens with zero attached hydrogens (tertiary/aromatic N) is 1. The zero-order valence-electron chi connectivity index (χ0n) is 14.1. The van der Waals surface area contributed by atoms with Crippen LogP contribution in [0.1, 0.15) is 31.8 Å². The lowest BCUT2D eigenvalue weighted by Gasteiger charge is -2.12. The van der Waals surface area contributed by atoms with Gasteiger partial charge in [-0.2, -0.15) is 0 Å². The minimum atomic E-state index is -0.300. The summed E-state index contributed by atoms with van der Waals surface area (Å²) in [4.78, 5) is 28.5. The predicted octanol–water partition coefficient (Wildman–Crippen LogP) is 2.33. The molecule has 1 aromatic heterocycles. The van der Waals surface area contributed by atoms with Crippen LogP contribution in [0.4, 0.5) is 5.69 Å². The van der Waals surface area contributed by atoms with E-state index in [2.05, 4.69) is 15.6 Å². The first-order valence-electron chi connectivity index (χ1n) is 7.62. The molecule has 126 valence electrons. The molecule has 1 aromatic carbocycles. The van der Waals surface area contributed by atoms with E-state index in [-0.39, 0.29) is 11.8 Å². The molecule has 24 heavy (non-hydrogen) atoms. The summed E-state index contributed by atoms with van der Waals surface area (Å²) in [6, 6.07) is 7.33. The van der Waals surface area contributed by atoms with Crippen LogP contribution in [0.15, 0.2) is 36.7 Å². The standard InChI is InChI=1S/C18H21N3O3/c1-12-5-4-6-13(2)16(12)21-18(23)15-9-14(10-19-11-15)17(22)20-7-8-24-3/h4-6,9-11H,7-8H2,1-3H3,(H,20,22)(H,21,23). The van der Waals surface area contributed by atoms with Gasteiger partial charge >= 0.3 is 0 Å². The fraction of sp³-hybridized carbons (Fsp3) is 0.278. The summed E-state index contributed by atoms with van der Waals surface area (Å²) in [5.74, 6) is -0.590. The van der Waals surface area contributed by atoms with E-state index in [1.54, 1.807) is 7.11 Å². The highest BCUT2D eigenvalue weighted by Crippen LogP contribution is 2.20. The highest BCUT2D eigenvalue weighted by molar-refractivity contribution is 6.06. The van der Waals surface area contributed by atoms with Crippen LogP contribution in [-0.4, -0.2) is 37.1 Å². The van der Waals surface area contributed by atoms with Crippen molar-refractivity contribution in [3.63, 3.8) is 0 Å². The van der Waals surface area contributed by atoms with Gasteiger partial charge in [-0.3, -0.25) is 14.6 Å². The van der Waals surface area contributed by atoms with Gasteiger partial charge in [0.05, 0.1) is 17.7 Å². The van der Waals surface area contributed by atoms with Crippen molar-refractivity contribution in [1.29, 1.82) is 0 Å². The number of para-hydroxylation sites is 1. The molecule has 0 atom stereocenters. The first-order chi connectivity index (χ1) is 11.5. The van der Waals surface area contributed by atoms with E-state index < -0.39 is 0 Å². The molecule has 0 saturated carbocycles. The Labute approximate surface area is 141 Å². The molecule has 0 saturated heterocycles. The summed E-state index contributed by atoms with van der Waals surface area (Å²) >= 11 is 0. The number of aryl methyl sites for hydroxylation is 2. The summed E-state index contributed by atoms with van der Waals surface area (Å²) in [5, 5.41) is 5.58. The largest absolute Gasteiger partial charge is 0.383 e. The summed E-state index contributed by atoms with van der Waals surface area (Å²) in [6.07, 6.45) is 2.87. The van der Waals surface area contributed by atoms with E-state index in [0.29, 0.717) is 24.3 Å². The normalized spacial score (nSPS) is 10.3. The van der Waals surface area contributed by atoms with Gasteiger partial charge in [-0.25, -0.2) is 0 Å². The third-order valence-electron chi connectivity index (χ3n) is 3.57. The lowest BCUT2D eigenvalue weighted by Crippen LogP contribution is -2.27. The van der Waals surface area contributed by atoms with Crippen LogP contribution in [0, 0.1) is 13.8 Å². The highest BCUT2D eigenvalue weighted by Gasteiger charge is 2.13. The van der Waals surface area contributed by atoms with E-state index in [0.717, 1.165) is 16.8 Å². The Bertz CT molecular complexity index is 724. The number of hydrogen-bond acceptors (Lipinski definition) is 4. The van der Waals surface area contributed by atoms with Crippen molar-refractivity contribution < 1.29 is 14.3 Å². The number of methoxy groups -OCH3 is 1. The topological polar surface area (TPSA) is 80.3 Å². The van der Waals surface area contributed by atoms with Crippen LogP contribution in [0.5, 0.6) is 0 Å². The molecule has 0 aliphatic rings. The molecular weight excluding hydrogens is 306 g/mol. The predicted molar refractivity (Wildman–Crippen MR) is 92.3 cm³/mol. The van der Waals surface area contributed by atoms with Crippen molar-refractivity contribution in [2.45, 2.75) is 13.8 Å². The zero-order valence-corrected chi connectivity index (χ0v) is 14.1. The van der Waals surface area contributed by atoms with Crippen molar-refractivity contribution >= 4 is 17.5 Å². The van der Waals surface area contributed by atoms with Gasteiger partial charge < -0.3 is 15.4 Å². The maximum Gasteiger partial charge on any atom is 0.257 e. The average molecular weight is 327 g/mol. The first kappa shape index (κ1) is 17.6. The number of amides is 2. The van der Waals surface area contributed by atoms with Gasteiger partial charge in [0.25, 0.3) is 11.8 Å². The quantitative estimate of drug-likeness (QED) is 0.798. The van der Waals surface area contributed by atoms with Crippen molar-refractivity contribution in [3.05, 3.63) is 58.9 Å². The SMILES string of the molecule is COCCNC(=O)c1cncc(C(=O)Nc2c(C)cccc2C)c1. The Kier molecular flexibility index (Phi) is 6.03. The maximum atomic E-state index is 12.5. The minimum Gasteiger partial charge on any atom is -0.383 e. The van der Waals surface area contributed by atoms with Crippen molar-refractivity contribution in [2.75, 3.05) is 25.6 Å². The zero-order chi connectivity index (χ0) is 17.5. The Morgan fingerprint density at radius 3 is 2.33 bits per heavy atom. The van der Waals surface area contributed by atoms with Gasteiger partial charge in [0, 0.05) is 31.7 Å². The molecule has 0 unspecified atom stereocenters. The molecule has 0 radical (unpaired) electrons. The number of rotatable bonds is 6. The highest BCUT2D eigenvalue weighted by atomic mass is 16.5. The summed E-state index contributed by atoms with van der Waals surface area (Å²) in [5.41, 5.74) is 3.39. The van der Waals surface area contributed by atoms with Gasteiger partial charge in [0.2, 0.25) is 0 Å².